The molecule has 33 heavy (non-hydrogen) atoms. The second kappa shape index (κ2) is 10.7. The van der Waals surface area contributed by atoms with Crippen LogP contribution in [0.1, 0.15) is 4.88 Å². The summed E-state index contributed by atoms with van der Waals surface area (Å²) in [5, 5.41) is 14.6. The molecule has 3 rings (SSSR count). The summed E-state index contributed by atoms with van der Waals surface area (Å²) < 4.78 is 60.5. The number of carbonyl (C=O) groups is 1. The van der Waals surface area contributed by atoms with Gasteiger partial charge < -0.3 is 10.8 Å². The molecule has 7 nitrogen and oxygen atoms in total. The number of sulfonamides is 1. The maximum atomic E-state index is 12.7. The number of carboxylic acids is 1. The third kappa shape index (κ3) is 7.23. The van der Waals surface area contributed by atoms with E-state index in [1.165, 1.54) is 23.1 Å². The molecule has 0 spiro atoms. The Morgan fingerprint density at radius 2 is 1.61 bits per heavy atom. The summed E-state index contributed by atoms with van der Waals surface area (Å²) in [6.45, 7) is 0. The van der Waals surface area contributed by atoms with Gasteiger partial charge in [0.05, 0.1) is 19.7 Å². The van der Waals surface area contributed by atoms with E-state index >= 15 is 0 Å². The van der Waals surface area contributed by atoms with Crippen molar-refractivity contribution in [2.24, 2.45) is 5.73 Å². The van der Waals surface area contributed by atoms with E-state index in [2.05, 4.69) is 4.72 Å². The van der Waals surface area contributed by atoms with Gasteiger partial charge in [-0.15, -0.1) is 23.1 Å². The van der Waals surface area contributed by atoms with Crippen LogP contribution in [0.4, 0.5) is 18.9 Å². The molecule has 0 aliphatic carbocycles. The number of alkyl halides is 3. The largest absolute Gasteiger partial charge is 0.490 e. The topological polar surface area (TPSA) is 133 Å². The lowest BCUT2D eigenvalue weighted by Crippen LogP contribution is -2.21. The number of benzene rings is 2. The second-order valence-electron chi connectivity index (χ2n) is 6.23. The minimum Gasteiger partial charge on any atom is -0.475 e. The third-order valence-electron chi connectivity index (χ3n) is 3.91. The molecule has 0 bridgehead atoms. The van der Waals surface area contributed by atoms with Gasteiger partial charge in [-0.3, -0.25) is 10.1 Å². The van der Waals surface area contributed by atoms with Crippen LogP contribution in [0, 0.1) is 5.41 Å². The molecule has 0 aliphatic heterocycles. The number of aliphatic carboxylic acids is 1. The van der Waals surface area contributed by atoms with E-state index in [1.807, 2.05) is 36.6 Å². The highest BCUT2D eigenvalue weighted by Gasteiger charge is 2.38. The van der Waals surface area contributed by atoms with Crippen LogP contribution in [0.25, 0.3) is 11.1 Å². The molecule has 0 radical (unpaired) electrons. The number of rotatable bonds is 6. The fraction of sp³-hybridized carbons (Fsp3) is 0.100. The number of amidine groups is 1. The summed E-state index contributed by atoms with van der Waals surface area (Å²) in [6, 6.07) is 18.1. The lowest BCUT2D eigenvalue weighted by Gasteiger charge is -2.09. The Morgan fingerprint density at radius 3 is 2.06 bits per heavy atom. The maximum absolute atomic E-state index is 12.7. The number of nitrogens with one attached hydrogen (secondary N) is 2. The number of hydrogen-bond donors (Lipinski definition) is 4. The lowest BCUT2D eigenvalue weighted by molar-refractivity contribution is -0.192. The van der Waals surface area contributed by atoms with Crippen LogP contribution in [0.15, 0.2) is 69.8 Å². The van der Waals surface area contributed by atoms with Crippen molar-refractivity contribution in [2.45, 2.75) is 15.3 Å². The Hall–Kier alpha value is -3.03. The normalized spacial score (nSPS) is 11.3. The summed E-state index contributed by atoms with van der Waals surface area (Å²) in [6.07, 6.45) is -3.23. The molecule has 1 aromatic heterocycles. The molecule has 2 aromatic carbocycles. The van der Waals surface area contributed by atoms with Gasteiger partial charge in [-0.05, 0) is 35.6 Å². The number of thioether (sulfide) groups is 1. The van der Waals surface area contributed by atoms with Gasteiger partial charge in [0.1, 0.15) is 5.84 Å². The van der Waals surface area contributed by atoms with Crippen molar-refractivity contribution in [3.8, 4) is 11.1 Å². The van der Waals surface area contributed by atoms with Crippen molar-refractivity contribution < 1.29 is 31.5 Å². The van der Waals surface area contributed by atoms with E-state index in [9.17, 15) is 21.6 Å². The van der Waals surface area contributed by atoms with Crippen molar-refractivity contribution in [3.05, 3.63) is 65.5 Å². The van der Waals surface area contributed by atoms with Crippen molar-refractivity contribution in [1.82, 2.24) is 0 Å². The van der Waals surface area contributed by atoms with Gasteiger partial charge in [-0.1, -0.05) is 42.5 Å². The smallest absolute Gasteiger partial charge is 0.475 e. The number of thiophene rings is 1. The number of anilines is 1. The van der Waals surface area contributed by atoms with E-state index in [-0.39, 0.29) is 10.7 Å². The number of halogens is 3. The minimum absolute atomic E-state index is 0.0806. The highest BCUT2D eigenvalue weighted by molar-refractivity contribution is 8.00. The summed E-state index contributed by atoms with van der Waals surface area (Å²) in [5.41, 5.74) is 7.92. The number of nitrogens with two attached hydrogens (primary N) is 1. The lowest BCUT2D eigenvalue weighted by atomic mass is 10.1. The highest BCUT2D eigenvalue weighted by Crippen LogP contribution is 2.36. The van der Waals surface area contributed by atoms with Crippen LogP contribution in [0.2, 0.25) is 0 Å². The first-order chi connectivity index (χ1) is 15.3. The summed E-state index contributed by atoms with van der Waals surface area (Å²) in [7, 11) is -3.73. The van der Waals surface area contributed by atoms with Gasteiger partial charge >= 0.3 is 12.1 Å². The third-order valence-corrected chi connectivity index (χ3v) is 7.59. The Bertz CT molecular complexity index is 1230. The quantitative estimate of drug-likeness (QED) is 0.210. The number of hydrogen-bond acceptors (Lipinski definition) is 6. The van der Waals surface area contributed by atoms with Crippen molar-refractivity contribution >= 4 is 50.6 Å². The molecule has 0 aliphatic rings. The molecule has 5 N–H and O–H groups in total. The fourth-order valence-electron chi connectivity index (χ4n) is 2.39. The van der Waals surface area contributed by atoms with Crippen molar-refractivity contribution in [3.63, 3.8) is 0 Å². The van der Waals surface area contributed by atoms with Crippen LogP contribution in [-0.2, 0) is 14.8 Å². The standard InChI is InChI=1S/C18H17N3O2S3.C2HF3O2/c1-24-18-15(11-16(25-18)17(19)20)21-26(22,23)14-9-7-13(8-10-14)12-5-3-2-4-6-12;3-2(4,5)1(6)7/h2-11,21H,1H3,(H3,19,20);(H,6,7). The Balaban J connectivity index is 0.000000479. The van der Waals surface area contributed by atoms with Gasteiger partial charge in [-0.2, -0.15) is 13.2 Å². The van der Waals surface area contributed by atoms with Crippen LogP contribution in [0.5, 0.6) is 0 Å². The Kier molecular flexibility index (Phi) is 8.52. The molecule has 0 fully saturated rings. The van der Waals surface area contributed by atoms with Gasteiger partial charge in [0, 0.05) is 0 Å². The van der Waals surface area contributed by atoms with E-state index in [0.29, 0.717) is 10.6 Å². The average Bonchev–Trinajstić information content (AvgIpc) is 3.17. The molecule has 13 heteroatoms. The van der Waals surface area contributed by atoms with Gasteiger partial charge in [0.15, 0.2) is 0 Å². The van der Waals surface area contributed by atoms with E-state index in [0.717, 1.165) is 15.3 Å². The predicted molar refractivity (Wildman–Crippen MR) is 123 cm³/mol. The molecule has 3 aromatic rings. The van der Waals surface area contributed by atoms with Gasteiger partial charge in [0.25, 0.3) is 10.0 Å². The number of carboxylic acid groups (broad SMARTS) is 1. The fourth-order valence-corrected chi connectivity index (χ4v) is 5.22. The van der Waals surface area contributed by atoms with Crippen molar-refractivity contribution in [1.29, 1.82) is 5.41 Å². The average molecular weight is 518 g/mol. The first kappa shape index (κ1) is 26.2. The molecule has 0 saturated carbocycles. The zero-order valence-corrected chi connectivity index (χ0v) is 19.3. The highest BCUT2D eigenvalue weighted by atomic mass is 32.2. The summed E-state index contributed by atoms with van der Waals surface area (Å²) in [5.74, 6) is -2.84. The number of nitrogen functional groups attached to an aromatic ring is 1. The van der Waals surface area contributed by atoms with Crippen LogP contribution >= 0.6 is 23.1 Å². The Labute approximate surface area is 196 Å². The monoisotopic (exact) mass is 517 g/mol. The van der Waals surface area contributed by atoms with Crippen molar-refractivity contribution in [2.75, 3.05) is 11.0 Å². The van der Waals surface area contributed by atoms with Crippen LogP contribution in [-0.4, -0.2) is 37.8 Å². The van der Waals surface area contributed by atoms with E-state index < -0.39 is 22.2 Å². The molecular formula is C20H18F3N3O4S3. The van der Waals surface area contributed by atoms with Gasteiger partial charge in [0.2, 0.25) is 0 Å². The van der Waals surface area contributed by atoms with E-state index in [1.54, 1.807) is 30.3 Å². The van der Waals surface area contributed by atoms with Gasteiger partial charge in [-0.25, -0.2) is 13.2 Å². The molecule has 1 heterocycles. The SMILES string of the molecule is CSc1sc(C(=N)N)cc1NS(=O)(=O)c1ccc(-c2ccccc2)cc1.O=C(O)C(F)(F)F. The molecule has 0 atom stereocenters. The molecule has 0 amide bonds. The summed E-state index contributed by atoms with van der Waals surface area (Å²) in [4.78, 5) is 9.61. The second-order valence-corrected chi connectivity index (χ2v) is 10.0. The molecule has 176 valence electrons. The first-order valence-electron chi connectivity index (χ1n) is 8.85. The van der Waals surface area contributed by atoms with Crippen LogP contribution in [0.3, 0.4) is 0 Å². The van der Waals surface area contributed by atoms with E-state index in [4.69, 9.17) is 21.0 Å². The molecule has 0 unspecified atom stereocenters. The zero-order chi connectivity index (χ0) is 24.8. The molecular weight excluding hydrogens is 499 g/mol. The van der Waals surface area contributed by atoms with Crippen LogP contribution < -0.4 is 10.5 Å². The first-order valence-corrected chi connectivity index (χ1v) is 12.4. The minimum atomic E-state index is -5.08. The summed E-state index contributed by atoms with van der Waals surface area (Å²) >= 11 is 2.70. The molecule has 0 saturated heterocycles. The maximum Gasteiger partial charge on any atom is 0.490 e. The predicted octanol–water partition coefficient (Wildman–Crippen LogP) is 4.86. The Morgan fingerprint density at radius 1 is 1.09 bits per heavy atom. The zero-order valence-electron chi connectivity index (χ0n) is 16.9.